The van der Waals surface area contributed by atoms with Gasteiger partial charge in [0, 0.05) is 0 Å². The minimum Gasteiger partial charge on any atom is -0.181 e. The molecule has 0 amide bonds. The minimum absolute atomic E-state index is 0.778. The van der Waals surface area contributed by atoms with Crippen LogP contribution in [0.3, 0.4) is 0 Å². The van der Waals surface area contributed by atoms with Gasteiger partial charge in [-0.2, -0.15) is 11.1 Å². The van der Waals surface area contributed by atoms with Crippen molar-refractivity contribution in [3.05, 3.63) is 0 Å². The van der Waals surface area contributed by atoms with E-state index < -0.39 is 0 Å². The van der Waals surface area contributed by atoms with Crippen molar-refractivity contribution in [2.75, 3.05) is 0 Å². The lowest BCUT2D eigenvalue weighted by Gasteiger charge is -2.15. The fourth-order valence-electron chi connectivity index (χ4n) is 1.31. The predicted octanol–water partition coefficient (Wildman–Crippen LogP) is 2.09. The molecule has 9 heavy (non-hydrogen) atoms. The summed E-state index contributed by atoms with van der Waals surface area (Å²) in [5, 5.41) is 0. The minimum atomic E-state index is 0.778. The van der Waals surface area contributed by atoms with E-state index in [2.05, 4.69) is 6.92 Å². The Labute approximate surface area is 66.1 Å². The van der Waals surface area contributed by atoms with Crippen molar-refractivity contribution < 1.29 is 0 Å². The molecule has 1 aliphatic carbocycles. The highest BCUT2D eigenvalue weighted by atomic mass is 35.6. The standard InChI is InChI=1S/C7H14.ClH3Si/c1-7-5-3-2-4-6-7;1-2/h7H,2-6H2,1H3;2H3. The second kappa shape index (κ2) is 6.62. The monoisotopic (exact) mass is 164 g/mol. The summed E-state index contributed by atoms with van der Waals surface area (Å²) in [5.74, 6) is 1.04. The van der Waals surface area contributed by atoms with Crippen molar-refractivity contribution in [3.8, 4) is 0 Å². The molecular weight excluding hydrogens is 148 g/mol. The van der Waals surface area contributed by atoms with Crippen LogP contribution in [0, 0.1) is 5.92 Å². The molecule has 0 aliphatic heterocycles. The van der Waals surface area contributed by atoms with Crippen LogP contribution in [0.25, 0.3) is 0 Å². The zero-order chi connectivity index (χ0) is 7.11. The average Bonchev–Trinajstić information content (AvgIpc) is 1.94. The summed E-state index contributed by atoms with van der Waals surface area (Å²) >= 11 is 4.78. The van der Waals surface area contributed by atoms with Crippen LogP contribution in [0.5, 0.6) is 0 Å². The Bertz CT molecular complexity index is 50.9. The summed E-state index contributed by atoms with van der Waals surface area (Å²) in [6.07, 6.45) is 7.44. The first-order valence-corrected chi connectivity index (χ1v) is 6.80. The molecule has 1 saturated carbocycles. The smallest absolute Gasteiger partial charge is 0.109 e. The van der Waals surface area contributed by atoms with Crippen molar-refractivity contribution in [1.82, 2.24) is 0 Å². The third-order valence-corrected chi connectivity index (χ3v) is 1.89. The fourth-order valence-corrected chi connectivity index (χ4v) is 1.31. The van der Waals surface area contributed by atoms with Crippen LogP contribution in [-0.2, 0) is 0 Å². The van der Waals surface area contributed by atoms with Gasteiger partial charge in [0.1, 0.15) is 9.55 Å². The van der Waals surface area contributed by atoms with Gasteiger partial charge in [0.2, 0.25) is 0 Å². The maximum atomic E-state index is 4.78. The molecule has 0 unspecified atom stereocenters. The molecule has 0 aromatic heterocycles. The largest absolute Gasteiger partial charge is 0.181 e. The van der Waals surface area contributed by atoms with Crippen LogP contribution in [0.1, 0.15) is 39.0 Å². The SMILES string of the molecule is CC1CCCCC1.[SiH3]Cl. The molecule has 1 rings (SSSR count). The number of rotatable bonds is 0. The third-order valence-electron chi connectivity index (χ3n) is 1.89. The molecule has 0 bridgehead atoms. The van der Waals surface area contributed by atoms with Crippen molar-refractivity contribution in [2.24, 2.45) is 5.92 Å². The summed E-state index contributed by atoms with van der Waals surface area (Å²) in [6.45, 7) is 2.36. The van der Waals surface area contributed by atoms with E-state index in [1.165, 1.54) is 32.1 Å². The van der Waals surface area contributed by atoms with E-state index in [1.54, 1.807) is 0 Å². The van der Waals surface area contributed by atoms with Crippen LogP contribution in [0.4, 0.5) is 0 Å². The number of halogens is 1. The molecule has 0 spiro atoms. The van der Waals surface area contributed by atoms with E-state index in [9.17, 15) is 0 Å². The Balaban J connectivity index is 0.000000291. The van der Waals surface area contributed by atoms with Gasteiger partial charge in [0.25, 0.3) is 0 Å². The molecule has 0 aromatic rings. The van der Waals surface area contributed by atoms with Gasteiger partial charge in [-0.3, -0.25) is 0 Å². The van der Waals surface area contributed by atoms with Crippen LogP contribution in [-0.4, -0.2) is 9.55 Å². The van der Waals surface area contributed by atoms with Crippen LogP contribution < -0.4 is 0 Å². The van der Waals surface area contributed by atoms with E-state index >= 15 is 0 Å². The van der Waals surface area contributed by atoms with Crippen LogP contribution >= 0.6 is 11.1 Å². The molecule has 0 heterocycles. The maximum Gasteiger partial charge on any atom is 0.109 e. The molecule has 0 radical (unpaired) electrons. The van der Waals surface area contributed by atoms with Crippen LogP contribution in [0.15, 0.2) is 0 Å². The predicted molar refractivity (Wildman–Crippen MR) is 48.0 cm³/mol. The molecule has 0 nitrogen and oxygen atoms in total. The molecule has 0 N–H and O–H groups in total. The van der Waals surface area contributed by atoms with Gasteiger partial charge < -0.3 is 0 Å². The fraction of sp³-hybridized carbons (Fsp3) is 1.00. The molecule has 56 valence electrons. The molecule has 0 saturated heterocycles. The zero-order valence-corrected chi connectivity index (χ0v) is 9.25. The van der Waals surface area contributed by atoms with E-state index in [0.29, 0.717) is 0 Å². The number of hydrogen-bond acceptors (Lipinski definition) is 0. The zero-order valence-electron chi connectivity index (χ0n) is 6.49. The Morgan fingerprint density at radius 2 is 1.56 bits per heavy atom. The summed E-state index contributed by atoms with van der Waals surface area (Å²) in [6, 6.07) is 0. The topological polar surface area (TPSA) is 0 Å². The summed E-state index contributed by atoms with van der Waals surface area (Å²) in [7, 11) is 0.778. The molecule has 1 aliphatic rings. The highest BCUT2D eigenvalue weighted by Gasteiger charge is 2.05. The van der Waals surface area contributed by atoms with E-state index in [4.69, 9.17) is 11.1 Å². The lowest BCUT2D eigenvalue weighted by molar-refractivity contribution is 0.385. The molecule has 0 aromatic carbocycles. The maximum absolute atomic E-state index is 4.78. The highest BCUT2D eigenvalue weighted by molar-refractivity contribution is 6.80. The lowest BCUT2D eigenvalue weighted by atomic mass is 9.91. The van der Waals surface area contributed by atoms with Gasteiger partial charge in [-0.05, 0) is 5.92 Å². The van der Waals surface area contributed by atoms with E-state index in [-0.39, 0.29) is 0 Å². The summed E-state index contributed by atoms with van der Waals surface area (Å²) in [5.41, 5.74) is 0. The van der Waals surface area contributed by atoms with Crippen molar-refractivity contribution >= 4 is 20.6 Å². The van der Waals surface area contributed by atoms with Crippen LogP contribution in [0.2, 0.25) is 0 Å². The Kier molecular flexibility index (Phi) is 7.00. The Morgan fingerprint density at radius 1 is 1.11 bits per heavy atom. The molecular formula is C7H17ClSi. The van der Waals surface area contributed by atoms with Gasteiger partial charge in [0.05, 0.1) is 0 Å². The van der Waals surface area contributed by atoms with Gasteiger partial charge in [0.15, 0.2) is 0 Å². The van der Waals surface area contributed by atoms with Gasteiger partial charge >= 0.3 is 0 Å². The Morgan fingerprint density at radius 3 is 1.78 bits per heavy atom. The molecule has 2 heteroatoms. The second-order valence-electron chi connectivity index (χ2n) is 2.74. The molecule has 0 atom stereocenters. The summed E-state index contributed by atoms with van der Waals surface area (Å²) < 4.78 is 0. The lowest BCUT2D eigenvalue weighted by Crippen LogP contribution is -1.99. The average molecular weight is 165 g/mol. The number of hydrogen-bond donors (Lipinski definition) is 0. The first-order chi connectivity index (χ1) is 4.39. The Hall–Kier alpha value is 0.507. The normalized spacial score (nSPS) is 20.7. The summed E-state index contributed by atoms with van der Waals surface area (Å²) in [4.78, 5) is 0. The molecule has 1 fully saturated rings. The van der Waals surface area contributed by atoms with E-state index in [0.717, 1.165) is 15.5 Å². The highest BCUT2D eigenvalue weighted by Crippen LogP contribution is 2.21. The third kappa shape index (κ3) is 4.98. The first kappa shape index (κ1) is 9.51. The quantitative estimate of drug-likeness (QED) is 0.380. The van der Waals surface area contributed by atoms with Crippen molar-refractivity contribution in [3.63, 3.8) is 0 Å². The second-order valence-corrected chi connectivity index (χ2v) is 2.74. The van der Waals surface area contributed by atoms with E-state index in [1.807, 2.05) is 0 Å². The van der Waals surface area contributed by atoms with Crippen molar-refractivity contribution in [2.45, 2.75) is 39.0 Å². The van der Waals surface area contributed by atoms with Gasteiger partial charge in [-0.25, -0.2) is 0 Å². The van der Waals surface area contributed by atoms with Crippen molar-refractivity contribution in [1.29, 1.82) is 0 Å². The van der Waals surface area contributed by atoms with Gasteiger partial charge in [-0.15, -0.1) is 0 Å². The van der Waals surface area contributed by atoms with Gasteiger partial charge in [-0.1, -0.05) is 39.0 Å². The first-order valence-electron chi connectivity index (χ1n) is 3.77.